The first-order chi connectivity index (χ1) is 7.19. The summed E-state index contributed by atoms with van der Waals surface area (Å²) in [5.74, 6) is -1.28. The molecule has 0 amide bonds. The Bertz CT molecular complexity index is 341. The average Bonchev–Trinajstić information content (AvgIpc) is 2.18. The lowest BCUT2D eigenvalue weighted by molar-refractivity contribution is 0.360. The van der Waals surface area contributed by atoms with E-state index in [1.165, 1.54) is 19.2 Å². The highest BCUT2D eigenvalue weighted by atomic mass is 35.5. The lowest BCUT2D eigenvalue weighted by atomic mass is 10.2. The van der Waals surface area contributed by atoms with Crippen LogP contribution in [0.25, 0.3) is 6.08 Å². The summed E-state index contributed by atoms with van der Waals surface area (Å²) < 4.78 is 31.0. The zero-order chi connectivity index (χ0) is 11.3. The van der Waals surface area contributed by atoms with E-state index < -0.39 is 11.6 Å². The van der Waals surface area contributed by atoms with Gasteiger partial charge in [0.05, 0.1) is 7.11 Å². The zero-order valence-electron chi connectivity index (χ0n) is 8.27. The van der Waals surface area contributed by atoms with Crippen molar-refractivity contribution in [3.8, 4) is 5.75 Å². The maximum absolute atomic E-state index is 13.2. The van der Waals surface area contributed by atoms with Gasteiger partial charge in [-0.3, -0.25) is 0 Å². The predicted molar refractivity (Wildman–Crippen MR) is 57.3 cm³/mol. The van der Waals surface area contributed by atoms with Crippen LogP contribution in [0.3, 0.4) is 0 Å². The zero-order valence-corrected chi connectivity index (χ0v) is 9.02. The molecule has 15 heavy (non-hydrogen) atoms. The number of ether oxygens (including phenoxy) is 1. The van der Waals surface area contributed by atoms with E-state index in [1.807, 2.05) is 0 Å². The first-order valence-electron chi connectivity index (χ1n) is 4.44. The second-order valence-electron chi connectivity index (χ2n) is 2.90. The Morgan fingerprint density at radius 1 is 1.33 bits per heavy atom. The number of alkyl halides is 1. The summed E-state index contributed by atoms with van der Waals surface area (Å²) in [7, 11) is 1.23. The molecule has 1 aromatic carbocycles. The molecular weight excluding hydrogens is 222 g/mol. The van der Waals surface area contributed by atoms with Crippen molar-refractivity contribution in [3.05, 3.63) is 35.4 Å². The molecule has 0 atom stereocenters. The summed E-state index contributed by atoms with van der Waals surface area (Å²) in [6, 6.07) is 2.43. The average molecular weight is 233 g/mol. The molecule has 0 fully saturated rings. The van der Waals surface area contributed by atoms with Crippen LogP contribution in [0.5, 0.6) is 5.75 Å². The van der Waals surface area contributed by atoms with E-state index in [-0.39, 0.29) is 5.75 Å². The molecule has 0 saturated carbocycles. The van der Waals surface area contributed by atoms with Crippen molar-refractivity contribution in [2.24, 2.45) is 0 Å². The molecule has 1 nitrogen and oxygen atoms in total. The molecule has 0 N–H and O–H groups in total. The van der Waals surface area contributed by atoms with Crippen LogP contribution in [0.15, 0.2) is 18.2 Å². The first kappa shape index (κ1) is 12.0. The molecule has 0 unspecified atom stereocenters. The SMILES string of the molecule is COc1c(F)cc(C=CCCCl)cc1F. The van der Waals surface area contributed by atoms with Crippen molar-refractivity contribution in [1.82, 2.24) is 0 Å². The third-order valence-corrected chi connectivity index (χ3v) is 2.03. The van der Waals surface area contributed by atoms with Crippen LogP contribution in [-0.2, 0) is 0 Å². The van der Waals surface area contributed by atoms with Crippen molar-refractivity contribution in [3.63, 3.8) is 0 Å². The van der Waals surface area contributed by atoms with Gasteiger partial charge in [-0.15, -0.1) is 11.6 Å². The van der Waals surface area contributed by atoms with E-state index in [1.54, 1.807) is 12.2 Å². The number of hydrogen-bond donors (Lipinski definition) is 0. The van der Waals surface area contributed by atoms with E-state index in [9.17, 15) is 8.78 Å². The number of hydrogen-bond acceptors (Lipinski definition) is 1. The van der Waals surface area contributed by atoms with Crippen molar-refractivity contribution in [1.29, 1.82) is 0 Å². The van der Waals surface area contributed by atoms with Crippen LogP contribution in [-0.4, -0.2) is 13.0 Å². The van der Waals surface area contributed by atoms with Crippen LogP contribution in [0.2, 0.25) is 0 Å². The topological polar surface area (TPSA) is 9.23 Å². The van der Waals surface area contributed by atoms with Crippen LogP contribution in [0.4, 0.5) is 8.78 Å². The molecule has 82 valence electrons. The van der Waals surface area contributed by atoms with Crippen LogP contribution in [0.1, 0.15) is 12.0 Å². The van der Waals surface area contributed by atoms with Crippen LogP contribution in [0, 0.1) is 11.6 Å². The third kappa shape index (κ3) is 3.20. The molecule has 0 aromatic heterocycles. The van der Waals surface area contributed by atoms with Gasteiger partial charge in [0.2, 0.25) is 0 Å². The Morgan fingerprint density at radius 3 is 2.40 bits per heavy atom. The molecule has 1 aromatic rings. The van der Waals surface area contributed by atoms with E-state index in [0.29, 0.717) is 17.9 Å². The molecule has 0 aliphatic carbocycles. The first-order valence-corrected chi connectivity index (χ1v) is 4.98. The smallest absolute Gasteiger partial charge is 0.190 e. The molecule has 0 aliphatic heterocycles. The molecule has 0 bridgehead atoms. The molecular formula is C11H11ClF2O. The van der Waals surface area contributed by atoms with Gasteiger partial charge in [0.25, 0.3) is 0 Å². The summed E-state index contributed by atoms with van der Waals surface area (Å²) in [5.41, 5.74) is 0.455. The van der Waals surface area contributed by atoms with Crippen molar-refractivity contribution >= 4 is 17.7 Å². The van der Waals surface area contributed by atoms with Crippen LogP contribution >= 0.6 is 11.6 Å². The van der Waals surface area contributed by atoms with Crippen molar-refractivity contribution in [2.75, 3.05) is 13.0 Å². The van der Waals surface area contributed by atoms with Crippen molar-refractivity contribution < 1.29 is 13.5 Å². The molecule has 4 heteroatoms. The van der Waals surface area contributed by atoms with E-state index in [4.69, 9.17) is 11.6 Å². The summed E-state index contributed by atoms with van der Waals surface area (Å²) in [4.78, 5) is 0. The Kier molecular flexibility index (Phi) is 4.56. The summed E-state index contributed by atoms with van der Waals surface area (Å²) in [6.45, 7) is 0. The highest BCUT2D eigenvalue weighted by molar-refractivity contribution is 6.17. The highest BCUT2D eigenvalue weighted by Gasteiger charge is 2.09. The number of benzene rings is 1. The second-order valence-corrected chi connectivity index (χ2v) is 3.28. The van der Waals surface area contributed by atoms with Gasteiger partial charge in [0.15, 0.2) is 17.4 Å². The maximum atomic E-state index is 13.2. The fourth-order valence-electron chi connectivity index (χ4n) is 1.15. The molecule has 0 spiro atoms. The summed E-state index contributed by atoms with van der Waals surface area (Å²) in [5, 5.41) is 0. The van der Waals surface area contributed by atoms with Gasteiger partial charge in [0, 0.05) is 5.88 Å². The predicted octanol–water partition coefficient (Wildman–Crippen LogP) is 3.62. The minimum Gasteiger partial charge on any atom is -0.491 e. The maximum Gasteiger partial charge on any atom is 0.190 e. The molecule has 0 radical (unpaired) electrons. The lowest BCUT2D eigenvalue weighted by Gasteiger charge is -2.04. The minimum absolute atomic E-state index is 0.357. The molecule has 1 rings (SSSR count). The van der Waals surface area contributed by atoms with Gasteiger partial charge in [-0.1, -0.05) is 12.2 Å². The van der Waals surface area contributed by atoms with Gasteiger partial charge in [0.1, 0.15) is 0 Å². The monoisotopic (exact) mass is 232 g/mol. The number of halogens is 3. The Hall–Kier alpha value is -1.09. The third-order valence-electron chi connectivity index (χ3n) is 1.81. The van der Waals surface area contributed by atoms with E-state index >= 15 is 0 Å². The Labute approximate surface area is 92.3 Å². The van der Waals surface area contributed by atoms with Gasteiger partial charge in [-0.05, 0) is 24.1 Å². The van der Waals surface area contributed by atoms with E-state index in [0.717, 1.165) is 0 Å². The molecule has 0 aliphatic rings. The van der Waals surface area contributed by atoms with Crippen LogP contribution < -0.4 is 4.74 Å². The Morgan fingerprint density at radius 2 is 1.93 bits per heavy atom. The highest BCUT2D eigenvalue weighted by Crippen LogP contribution is 2.23. The second kappa shape index (κ2) is 5.71. The Balaban J connectivity index is 2.93. The van der Waals surface area contributed by atoms with E-state index in [2.05, 4.69) is 4.74 Å². The quantitative estimate of drug-likeness (QED) is 0.721. The fourth-order valence-corrected chi connectivity index (χ4v) is 1.28. The van der Waals surface area contributed by atoms with Gasteiger partial charge < -0.3 is 4.74 Å². The number of allylic oxidation sites excluding steroid dienone is 1. The summed E-state index contributed by atoms with van der Waals surface area (Å²) in [6.07, 6.45) is 4.04. The summed E-state index contributed by atoms with van der Waals surface area (Å²) >= 11 is 5.46. The largest absolute Gasteiger partial charge is 0.491 e. The fraction of sp³-hybridized carbons (Fsp3) is 0.273. The molecule has 0 saturated heterocycles. The lowest BCUT2D eigenvalue weighted by Crippen LogP contribution is -1.93. The number of rotatable bonds is 4. The van der Waals surface area contributed by atoms with Gasteiger partial charge in [-0.2, -0.15) is 0 Å². The van der Waals surface area contributed by atoms with Gasteiger partial charge >= 0.3 is 0 Å². The van der Waals surface area contributed by atoms with Crippen molar-refractivity contribution in [2.45, 2.75) is 6.42 Å². The minimum atomic E-state index is -0.706. The molecule has 0 heterocycles. The normalized spacial score (nSPS) is 10.9. The number of methoxy groups -OCH3 is 1. The van der Waals surface area contributed by atoms with Gasteiger partial charge in [-0.25, -0.2) is 8.78 Å². The standard InChI is InChI=1S/C11H11ClF2O/c1-15-11-9(13)6-8(7-10(11)14)4-2-3-5-12/h2,4,6-7H,3,5H2,1H3.